The second kappa shape index (κ2) is 9.14. The number of non-ortho nitro benzene ring substituents is 1. The third kappa shape index (κ3) is 5.07. The predicted octanol–water partition coefficient (Wildman–Crippen LogP) is 3.16. The van der Waals surface area contributed by atoms with Crippen LogP contribution in [0.4, 0.5) is 5.69 Å². The molecule has 0 bridgehead atoms. The molecular weight excluding hydrogens is 370 g/mol. The van der Waals surface area contributed by atoms with Gasteiger partial charge in [0.2, 0.25) is 5.91 Å². The van der Waals surface area contributed by atoms with Crippen molar-refractivity contribution in [2.24, 2.45) is 0 Å². The first-order chi connectivity index (χ1) is 14.0. The van der Waals surface area contributed by atoms with Gasteiger partial charge < -0.3 is 9.80 Å². The molecule has 1 heterocycles. The summed E-state index contributed by atoms with van der Waals surface area (Å²) in [4.78, 5) is 38.8. The highest BCUT2D eigenvalue weighted by Gasteiger charge is 2.23. The average Bonchev–Trinajstić information content (AvgIpc) is 2.77. The number of benzene rings is 2. The lowest BCUT2D eigenvalue weighted by Crippen LogP contribution is -2.50. The maximum Gasteiger partial charge on any atom is 0.270 e. The number of rotatable bonds is 5. The molecule has 0 unspecified atom stereocenters. The van der Waals surface area contributed by atoms with Gasteiger partial charge in [0, 0.05) is 50.0 Å². The summed E-state index contributed by atoms with van der Waals surface area (Å²) < 4.78 is 0. The third-order valence-electron chi connectivity index (χ3n) is 4.99. The van der Waals surface area contributed by atoms with Crippen LogP contribution in [-0.4, -0.2) is 52.7 Å². The molecule has 0 aliphatic carbocycles. The Morgan fingerprint density at radius 1 is 1.03 bits per heavy atom. The summed E-state index contributed by atoms with van der Waals surface area (Å²) in [6.45, 7) is 3.93. The van der Waals surface area contributed by atoms with E-state index in [2.05, 4.69) is 6.92 Å². The number of carbonyl (C=O) groups excluding carboxylic acids is 2. The van der Waals surface area contributed by atoms with Gasteiger partial charge in [-0.1, -0.05) is 31.2 Å². The molecule has 0 aromatic heterocycles. The minimum Gasteiger partial charge on any atom is -0.336 e. The van der Waals surface area contributed by atoms with Gasteiger partial charge in [0.25, 0.3) is 11.6 Å². The zero-order chi connectivity index (χ0) is 20.8. The highest BCUT2D eigenvalue weighted by molar-refractivity contribution is 5.95. The number of carbonyl (C=O) groups is 2. The molecule has 0 spiro atoms. The molecular formula is C22H23N3O4. The van der Waals surface area contributed by atoms with E-state index in [0.29, 0.717) is 37.3 Å². The summed E-state index contributed by atoms with van der Waals surface area (Å²) >= 11 is 0. The van der Waals surface area contributed by atoms with Crippen molar-refractivity contribution in [3.63, 3.8) is 0 Å². The first kappa shape index (κ1) is 20.3. The fourth-order valence-electron chi connectivity index (χ4n) is 3.21. The number of aryl methyl sites for hydroxylation is 1. The van der Waals surface area contributed by atoms with Crippen LogP contribution in [0.5, 0.6) is 0 Å². The van der Waals surface area contributed by atoms with Gasteiger partial charge >= 0.3 is 0 Å². The Hall–Kier alpha value is -3.48. The molecule has 1 aliphatic heterocycles. The third-order valence-corrected chi connectivity index (χ3v) is 4.99. The zero-order valence-electron chi connectivity index (χ0n) is 16.3. The number of hydrogen-bond donors (Lipinski definition) is 0. The SMILES string of the molecule is CCc1ccc(C(=O)N2CCN(C(=O)/C=C/c3cccc([N+](=O)[O-])c3)CC2)cc1. The van der Waals surface area contributed by atoms with Crippen molar-refractivity contribution in [1.82, 2.24) is 9.80 Å². The Bertz CT molecular complexity index is 929. The van der Waals surface area contributed by atoms with E-state index in [1.54, 1.807) is 28.0 Å². The highest BCUT2D eigenvalue weighted by Crippen LogP contribution is 2.15. The maximum absolute atomic E-state index is 12.6. The van der Waals surface area contributed by atoms with Crippen LogP contribution in [0.2, 0.25) is 0 Å². The zero-order valence-corrected chi connectivity index (χ0v) is 16.3. The molecule has 0 radical (unpaired) electrons. The predicted molar refractivity (Wildman–Crippen MR) is 110 cm³/mol. The second-order valence-electron chi connectivity index (χ2n) is 6.85. The largest absolute Gasteiger partial charge is 0.336 e. The molecule has 0 atom stereocenters. The first-order valence-electron chi connectivity index (χ1n) is 9.57. The molecule has 7 nitrogen and oxygen atoms in total. The van der Waals surface area contributed by atoms with Crippen LogP contribution in [0.3, 0.4) is 0 Å². The lowest BCUT2D eigenvalue weighted by atomic mass is 10.1. The molecule has 150 valence electrons. The van der Waals surface area contributed by atoms with Crippen molar-refractivity contribution < 1.29 is 14.5 Å². The van der Waals surface area contributed by atoms with Gasteiger partial charge in [-0.25, -0.2) is 0 Å². The summed E-state index contributed by atoms with van der Waals surface area (Å²) in [6, 6.07) is 13.7. The van der Waals surface area contributed by atoms with Crippen molar-refractivity contribution in [1.29, 1.82) is 0 Å². The summed E-state index contributed by atoms with van der Waals surface area (Å²) in [7, 11) is 0. The smallest absolute Gasteiger partial charge is 0.270 e. The Morgan fingerprint density at radius 2 is 1.69 bits per heavy atom. The Morgan fingerprint density at radius 3 is 2.31 bits per heavy atom. The van der Waals surface area contributed by atoms with Crippen LogP contribution in [0, 0.1) is 10.1 Å². The molecule has 1 fully saturated rings. The minimum absolute atomic E-state index is 0.0151. The quantitative estimate of drug-likeness (QED) is 0.444. The minimum atomic E-state index is -0.467. The molecule has 29 heavy (non-hydrogen) atoms. The molecule has 0 N–H and O–H groups in total. The van der Waals surface area contributed by atoms with Crippen molar-refractivity contribution in [2.75, 3.05) is 26.2 Å². The molecule has 3 rings (SSSR count). The Labute approximate surface area is 169 Å². The Balaban J connectivity index is 1.55. The van der Waals surface area contributed by atoms with Crippen LogP contribution < -0.4 is 0 Å². The van der Waals surface area contributed by atoms with E-state index in [4.69, 9.17) is 0 Å². The standard InChI is InChI=1S/C22H23N3O4/c1-2-17-6-9-19(10-7-17)22(27)24-14-12-23(13-15-24)21(26)11-8-18-4-3-5-20(16-18)25(28)29/h3-11,16H,2,12-15H2,1H3/b11-8+. The number of nitro benzene ring substituents is 1. The van der Waals surface area contributed by atoms with Gasteiger partial charge in [0.1, 0.15) is 0 Å². The van der Waals surface area contributed by atoms with Crippen molar-refractivity contribution in [3.8, 4) is 0 Å². The summed E-state index contributed by atoms with van der Waals surface area (Å²) in [5.41, 5.74) is 2.43. The number of hydrogen-bond acceptors (Lipinski definition) is 4. The Kier molecular flexibility index (Phi) is 6.39. The van der Waals surface area contributed by atoms with Gasteiger partial charge in [0.15, 0.2) is 0 Å². The van der Waals surface area contributed by atoms with Crippen LogP contribution in [0.15, 0.2) is 54.6 Å². The van der Waals surface area contributed by atoms with Gasteiger partial charge in [0.05, 0.1) is 4.92 Å². The second-order valence-corrected chi connectivity index (χ2v) is 6.85. The lowest BCUT2D eigenvalue weighted by Gasteiger charge is -2.34. The van der Waals surface area contributed by atoms with E-state index >= 15 is 0 Å². The molecule has 7 heteroatoms. The lowest BCUT2D eigenvalue weighted by molar-refractivity contribution is -0.384. The normalized spacial score (nSPS) is 14.2. The fraction of sp³-hybridized carbons (Fsp3) is 0.273. The van der Waals surface area contributed by atoms with Gasteiger partial charge in [-0.15, -0.1) is 0 Å². The van der Waals surface area contributed by atoms with E-state index in [1.807, 2.05) is 24.3 Å². The van der Waals surface area contributed by atoms with Crippen molar-refractivity contribution >= 4 is 23.6 Å². The van der Waals surface area contributed by atoms with Crippen molar-refractivity contribution in [3.05, 3.63) is 81.4 Å². The number of amides is 2. The van der Waals surface area contributed by atoms with Gasteiger partial charge in [-0.05, 0) is 35.8 Å². The van der Waals surface area contributed by atoms with Gasteiger partial charge in [-0.2, -0.15) is 0 Å². The number of nitrogens with zero attached hydrogens (tertiary/aromatic N) is 3. The van der Waals surface area contributed by atoms with Crippen molar-refractivity contribution in [2.45, 2.75) is 13.3 Å². The van der Waals surface area contributed by atoms with Gasteiger partial charge in [-0.3, -0.25) is 19.7 Å². The van der Waals surface area contributed by atoms with Crippen LogP contribution >= 0.6 is 0 Å². The number of piperazine rings is 1. The fourth-order valence-corrected chi connectivity index (χ4v) is 3.21. The molecule has 1 aliphatic rings. The molecule has 1 saturated heterocycles. The van der Waals surface area contributed by atoms with Crippen LogP contribution in [-0.2, 0) is 11.2 Å². The summed E-state index contributed by atoms with van der Waals surface area (Å²) in [6.07, 6.45) is 3.92. The van der Waals surface area contributed by atoms with E-state index in [-0.39, 0.29) is 17.5 Å². The van der Waals surface area contributed by atoms with E-state index in [9.17, 15) is 19.7 Å². The molecule has 0 saturated carbocycles. The average molecular weight is 393 g/mol. The maximum atomic E-state index is 12.6. The summed E-state index contributed by atoms with van der Waals surface area (Å²) in [5, 5.41) is 10.8. The van der Waals surface area contributed by atoms with E-state index in [0.717, 1.165) is 6.42 Å². The summed E-state index contributed by atoms with van der Waals surface area (Å²) in [5.74, 6) is -0.192. The molecule has 2 amide bonds. The first-order valence-corrected chi connectivity index (χ1v) is 9.57. The monoisotopic (exact) mass is 393 g/mol. The molecule has 2 aromatic carbocycles. The van der Waals surface area contributed by atoms with Crippen LogP contribution in [0.1, 0.15) is 28.4 Å². The number of nitro groups is 1. The molecule has 2 aromatic rings. The van der Waals surface area contributed by atoms with Crippen LogP contribution in [0.25, 0.3) is 6.08 Å². The topological polar surface area (TPSA) is 83.8 Å². The van der Waals surface area contributed by atoms with E-state index in [1.165, 1.54) is 23.8 Å². The highest BCUT2D eigenvalue weighted by atomic mass is 16.6. The van der Waals surface area contributed by atoms with E-state index < -0.39 is 4.92 Å².